The first-order valence-electron chi connectivity index (χ1n) is 16.2. The number of rotatable bonds is 7. The van der Waals surface area contributed by atoms with E-state index in [0.717, 1.165) is 68.2 Å². The van der Waals surface area contributed by atoms with Crippen LogP contribution in [0.15, 0.2) is 48.5 Å². The van der Waals surface area contributed by atoms with E-state index in [1.165, 1.54) is 12.8 Å². The average Bonchev–Trinajstić information content (AvgIpc) is 3.52. The molecule has 3 aliphatic heterocycles. The van der Waals surface area contributed by atoms with Crippen LogP contribution in [0.3, 0.4) is 0 Å². The Morgan fingerprint density at radius 3 is 2.40 bits per heavy atom. The summed E-state index contributed by atoms with van der Waals surface area (Å²) in [5.74, 6) is -0.390. The highest BCUT2D eigenvalue weighted by Crippen LogP contribution is 2.35. The van der Waals surface area contributed by atoms with E-state index in [1.54, 1.807) is 24.3 Å². The van der Waals surface area contributed by atoms with E-state index < -0.39 is 0 Å². The Labute approximate surface area is 265 Å². The van der Waals surface area contributed by atoms with Gasteiger partial charge in [0.05, 0.1) is 17.2 Å². The molecule has 3 aromatic rings. The lowest BCUT2D eigenvalue weighted by Gasteiger charge is -2.42. The van der Waals surface area contributed by atoms with Crippen LogP contribution in [0.5, 0.6) is 0 Å². The minimum absolute atomic E-state index is 0.0352. The van der Waals surface area contributed by atoms with Crippen LogP contribution in [0.25, 0.3) is 11.6 Å². The van der Waals surface area contributed by atoms with Gasteiger partial charge < -0.3 is 25.4 Å². The van der Waals surface area contributed by atoms with Gasteiger partial charge in [0.15, 0.2) is 0 Å². The number of hydrogen-bond donors (Lipinski definition) is 3. The van der Waals surface area contributed by atoms with Crippen molar-refractivity contribution >= 4 is 35.1 Å². The predicted octanol–water partition coefficient (Wildman–Crippen LogP) is 4.86. The number of nitrogens with one attached hydrogen (secondary N) is 3. The highest BCUT2D eigenvalue weighted by Gasteiger charge is 2.31. The lowest BCUT2D eigenvalue weighted by molar-refractivity contribution is -0.110. The number of H-pyrrole nitrogens is 1. The first kappa shape index (κ1) is 30.8. The van der Waals surface area contributed by atoms with Crippen LogP contribution < -0.4 is 10.6 Å². The Morgan fingerprint density at radius 2 is 1.71 bits per heavy atom. The van der Waals surface area contributed by atoms with E-state index >= 15 is 0 Å². The number of carbonyl (C=O) groups excluding carboxylic acids is 3. The Bertz CT molecular complexity index is 1610. The number of carbonyl (C=O) groups is 3. The van der Waals surface area contributed by atoms with Gasteiger partial charge in [0.1, 0.15) is 0 Å². The SMILES string of the molecule is CCC(NC(=O)c1ccc2c(c1)C(=Cc1[nH]c(C)c(C(=O)N3CCN(C4CCN(C)CC4)CC3)c1C)C(=O)N2)c1ccccc1. The van der Waals surface area contributed by atoms with Gasteiger partial charge in [0.25, 0.3) is 17.7 Å². The summed E-state index contributed by atoms with van der Waals surface area (Å²) in [7, 11) is 2.18. The van der Waals surface area contributed by atoms with E-state index in [0.29, 0.717) is 34.0 Å². The van der Waals surface area contributed by atoms with Crippen LogP contribution in [0.1, 0.15) is 81.0 Å². The number of hydrogen-bond acceptors (Lipinski definition) is 5. The minimum atomic E-state index is -0.233. The summed E-state index contributed by atoms with van der Waals surface area (Å²) >= 11 is 0. The largest absolute Gasteiger partial charge is 0.358 e. The van der Waals surface area contributed by atoms with Crippen molar-refractivity contribution in [1.29, 1.82) is 0 Å². The van der Waals surface area contributed by atoms with Gasteiger partial charge in [-0.05, 0) is 88.6 Å². The summed E-state index contributed by atoms with van der Waals surface area (Å²) in [5.41, 5.74) is 6.35. The second-order valence-electron chi connectivity index (χ2n) is 12.6. The van der Waals surface area contributed by atoms with E-state index in [2.05, 4.69) is 32.5 Å². The number of amides is 3. The fraction of sp³-hybridized carbons (Fsp3) is 0.417. The molecule has 3 amide bonds. The standard InChI is InChI=1S/C36H44N6O3/c1-5-30(25-9-7-6-8-10-25)38-34(43)26-11-12-31-28(21-26)29(35(44)39-31)22-32-23(2)33(24(3)37-32)36(45)42-19-17-41(18-20-42)27-13-15-40(4)16-14-27/h6-12,21-22,27,30,37H,5,13-20H2,1-4H3,(H,38,43)(H,39,44). The number of likely N-dealkylation sites (tertiary alicyclic amines) is 1. The quantitative estimate of drug-likeness (QED) is 0.333. The maximum atomic E-state index is 13.8. The molecule has 9 heteroatoms. The number of nitrogens with zero attached hydrogens (tertiary/aromatic N) is 3. The molecule has 1 aromatic heterocycles. The molecular weight excluding hydrogens is 564 g/mol. The van der Waals surface area contributed by atoms with Crippen LogP contribution >= 0.6 is 0 Å². The topological polar surface area (TPSA) is 101 Å². The molecule has 2 saturated heterocycles. The van der Waals surface area contributed by atoms with E-state index in [-0.39, 0.29) is 23.8 Å². The molecule has 0 aliphatic carbocycles. The van der Waals surface area contributed by atoms with Gasteiger partial charge in [-0.25, -0.2) is 0 Å². The molecule has 1 atom stereocenters. The van der Waals surface area contributed by atoms with Crippen molar-refractivity contribution in [2.24, 2.45) is 0 Å². The summed E-state index contributed by atoms with van der Waals surface area (Å²) < 4.78 is 0. The molecule has 2 fully saturated rings. The number of anilines is 1. The monoisotopic (exact) mass is 608 g/mol. The second-order valence-corrected chi connectivity index (χ2v) is 12.6. The van der Waals surface area contributed by atoms with Crippen molar-refractivity contribution in [3.05, 3.63) is 87.7 Å². The Hall–Kier alpha value is -4.21. The molecule has 0 spiro atoms. The molecule has 3 N–H and O–H groups in total. The van der Waals surface area contributed by atoms with Crippen LogP contribution in [0.4, 0.5) is 5.69 Å². The van der Waals surface area contributed by atoms with Crippen molar-refractivity contribution in [3.63, 3.8) is 0 Å². The van der Waals surface area contributed by atoms with E-state index in [4.69, 9.17) is 0 Å². The summed E-state index contributed by atoms with van der Waals surface area (Å²) in [4.78, 5) is 50.4. The zero-order valence-electron chi connectivity index (χ0n) is 26.8. The Kier molecular flexibility index (Phi) is 8.92. The molecule has 0 saturated carbocycles. The number of aromatic nitrogens is 1. The van der Waals surface area contributed by atoms with Gasteiger partial charge in [0, 0.05) is 60.4 Å². The Morgan fingerprint density at radius 1 is 1.00 bits per heavy atom. The fourth-order valence-electron chi connectivity index (χ4n) is 7.01. The van der Waals surface area contributed by atoms with Gasteiger partial charge in [-0.15, -0.1) is 0 Å². The lowest BCUT2D eigenvalue weighted by atomic mass is 10.00. The van der Waals surface area contributed by atoms with Gasteiger partial charge in [0.2, 0.25) is 0 Å². The molecule has 45 heavy (non-hydrogen) atoms. The lowest BCUT2D eigenvalue weighted by Crippen LogP contribution is -2.54. The first-order chi connectivity index (χ1) is 21.7. The number of fused-ring (bicyclic) bond motifs is 1. The van der Waals surface area contributed by atoms with Crippen molar-refractivity contribution in [2.45, 2.75) is 52.1 Å². The number of benzene rings is 2. The molecule has 236 valence electrons. The van der Waals surface area contributed by atoms with Crippen molar-refractivity contribution in [3.8, 4) is 0 Å². The molecule has 6 rings (SSSR count). The summed E-state index contributed by atoms with van der Waals surface area (Å²) in [5, 5.41) is 6.06. The van der Waals surface area contributed by atoms with Crippen molar-refractivity contribution in [2.75, 3.05) is 51.6 Å². The maximum Gasteiger partial charge on any atom is 0.256 e. The Balaban J connectivity index is 1.18. The third-order valence-electron chi connectivity index (χ3n) is 9.76. The van der Waals surface area contributed by atoms with Crippen LogP contribution in [0, 0.1) is 13.8 Å². The highest BCUT2D eigenvalue weighted by molar-refractivity contribution is 6.35. The number of aromatic amines is 1. The molecule has 2 aromatic carbocycles. The average molecular weight is 609 g/mol. The molecular formula is C36H44N6O3. The molecule has 0 bridgehead atoms. The van der Waals surface area contributed by atoms with Crippen molar-refractivity contribution < 1.29 is 14.4 Å². The highest BCUT2D eigenvalue weighted by atomic mass is 16.2. The third-order valence-corrected chi connectivity index (χ3v) is 9.76. The second kappa shape index (κ2) is 13.0. The summed E-state index contributed by atoms with van der Waals surface area (Å²) in [6, 6.07) is 15.7. The number of piperazine rings is 1. The van der Waals surface area contributed by atoms with Crippen molar-refractivity contribution in [1.82, 2.24) is 25.0 Å². The maximum absolute atomic E-state index is 13.8. The third kappa shape index (κ3) is 6.32. The molecule has 0 radical (unpaired) electrons. The molecule has 4 heterocycles. The van der Waals surface area contributed by atoms with Crippen LogP contribution in [-0.2, 0) is 4.79 Å². The van der Waals surface area contributed by atoms with Crippen LogP contribution in [-0.4, -0.2) is 89.8 Å². The molecule has 1 unspecified atom stereocenters. The van der Waals surface area contributed by atoms with Gasteiger partial charge in [-0.3, -0.25) is 19.3 Å². The van der Waals surface area contributed by atoms with E-state index in [1.807, 2.05) is 56.0 Å². The predicted molar refractivity (Wildman–Crippen MR) is 178 cm³/mol. The van der Waals surface area contributed by atoms with Gasteiger partial charge in [-0.1, -0.05) is 37.3 Å². The summed E-state index contributed by atoms with van der Waals surface area (Å²) in [6.07, 6.45) is 4.94. The zero-order valence-corrected chi connectivity index (χ0v) is 26.8. The van der Waals surface area contributed by atoms with Gasteiger partial charge >= 0.3 is 0 Å². The zero-order chi connectivity index (χ0) is 31.7. The van der Waals surface area contributed by atoms with E-state index in [9.17, 15) is 14.4 Å². The van der Waals surface area contributed by atoms with Gasteiger partial charge in [-0.2, -0.15) is 0 Å². The molecule has 3 aliphatic rings. The minimum Gasteiger partial charge on any atom is -0.358 e. The first-order valence-corrected chi connectivity index (χ1v) is 16.2. The number of aryl methyl sites for hydroxylation is 1. The summed E-state index contributed by atoms with van der Waals surface area (Å²) in [6.45, 7) is 11.4. The molecule has 9 nitrogen and oxygen atoms in total. The number of piperidine rings is 1. The normalized spacial score (nSPS) is 19.4. The fourth-order valence-corrected chi connectivity index (χ4v) is 7.01. The smallest absolute Gasteiger partial charge is 0.256 e. The van der Waals surface area contributed by atoms with Crippen LogP contribution in [0.2, 0.25) is 0 Å².